The van der Waals surface area contributed by atoms with Crippen LogP contribution < -0.4 is 10.2 Å². The lowest BCUT2D eigenvalue weighted by Gasteiger charge is -2.12. The maximum absolute atomic E-state index is 12.5. The van der Waals surface area contributed by atoms with E-state index >= 15 is 0 Å². The topological polar surface area (TPSA) is 74.5 Å². The van der Waals surface area contributed by atoms with Crippen molar-refractivity contribution in [3.8, 4) is 11.8 Å². The van der Waals surface area contributed by atoms with Gasteiger partial charge in [-0.1, -0.05) is 66.2 Å². The predicted molar refractivity (Wildman–Crippen MR) is 135 cm³/mol. The van der Waals surface area contributed by atoms with E-state index in [-0.39, 0.29) is 12.3 Å². The summed E-state index contributed by atoms with van der Waals surface area (Å²) in [5.41, 5.74) is 8.24. The number of aryl methyl sites for hydroxylation is 2. The van der Waals surface area contributed by atoms with Crippen molar-refractivity contribution in [3.63, 3.8) is 0 Å². The van der Waals surface area contributed by atoms with Gasteiger partial charge >= 0.3 is 0 Å². The average Bonchev–Trinajstić information content (AvgIpc) is 2.85. The van der Waals surface area contributed by atoms with E-state index < -0.39 is 0 Å². The van der Waals surface area contributed by atoms with Crippen LogP contribution in [-0.4, -0.2) is 12.1 Å². The Hall–Kier alpha value is -4.43. The fourth-order valence-corrected chi connectivity index (χ4v) is 3.80. The zero-order valence-electron chi connectivity index (χ0n) is 19.2. The number of carbonyl (C=O) groups is 1. The number of nitrogens with zero attached hydrogens (tertiary/aromatic N) is 2. The van der Waals surface area contributed by atoms with Crippen molar-refractivity contribution in [1.82, 2.24) is 5.43 Å². The van der Waals surface area contributed by atoms with Crippen LogP contribution in [0.1, 0.15) is 33.4 Å². The van der Waals surface area contributed by atoms with Crippen molar-refractivity contribution in [2.75, 3.05) is 0 Å². The van der Waals surface area contributed by atoms with E-state index in [2.05, 4.69) is 22.7 Å². The zero-order valence-corrected chi connectivity index (χ0v) is 19.2. The molecule has 5 heteroatoms. The second-order valence-electron chi connectivity index (χ2n) is 8.20. The monoisotopic (exact) mass is 447 g/mol. The summed E-state index contributed by atoms with van der Waals surface area (Å²) in [7, 11) is 0. The Balaban J connectivity index is 1.51. The summed E-state index contributed by atoms with van der Waals surface area (Å²) in [6.07, 6.45) is 1.90. The molecule has 1 N–H and O–H groups in total. The fraction of sp³-hybridized carbons (Fsp3) is 0.138. The molecule has 0 aliphatic rings. The molecule has 0 aromatic heterocycles. The maximum atomic E-state index is 12.5. The highest BCUT2D eigenvalue weighted by atomic mass is 16.5. The zero-order chi connectivity index (χ0) is 23.9. The summed E-state index contributed by atoms with van der Waals surface area (Å²) in [5, 5.41) is 15.2. The van der Waals surface area contributed by atoms with Crippen LogP contribution in [0.3, 0.4) is 0 Å². The van der Waals surface area contributed by atoms with Gasteiger partial charge in [-0.3, -0.25) is 4.79 Å². The molecule has 0 aliphatic carbocycles. The summed E-state index contributed by atoms with van der Waals surface area (Å²) >= 11 is 0. The first-order valence-corrected chi connectivity index (χ1v) is 11.0. The van der Waals surface area contributed by atoms with Gasteiger partial charge in [0, 0.05) is 5.56 Å². The van der Waals surface area contributed by atoms with Gasteiger partial charge in [0.05, 0.1) is 24.3 Å². The quantitative estimate of drug-likeness (QED) is 0.296. The molecule has 4 aromatic rings. The van der Waals surface area contributed by atoms with E-state index in [0.29, 0.717) is 17.9 Å². The Morgan fingerprint density at radius 1 is 1.03 bits per heavy atom. The third kappa shape index (κ3) is 5.48. The van der Waals surface area contributed by atoms with E-state index in [0.717, 1.165) is 33.0 Å². The summed E-state index contributed by atoms with van der Waals surface area (Å²) in [4.78, 5) is 12.5. The number of rotatable bonds is 7. The van der Waals surface area contributed by atoms with Gasteiger partial charge in [-0.15, -0.1) is 0 Å². The number of fused-ring (bicyclic) bond motifs is 1. The first-order chi connectivity index (χ1) is 16.5. The van der Waals surface area contributed by atoms with Crippen LogP contribution in [0.2, 0.25) is 0 Å². The number of hydrogen-bond acceptors (Lipinski definition) is 4. The van der Waals surface area contributed by atoms with Crippen LogP contribution in [0.15, 0.2) is 84.0 Å². The van der Waals surface area contributed by atoms with Gasteiger partial charge in [-0.05, 0) is 59.5 Å². The lowest BCUT2D eigenvalue weighted by molar-refractivity contribution is -0.120. The molecule has 5 nitrogen and oxygen atoms in total. The molecule has 34 heavy (non-hydrogen) atoms. The lowest BCUT2D eigenvalue weighted by atomic mass is 10.0. The third-order valence-electron chi connectivity index (χ3n) is 5.64. The molecule has 0 bridgehead atoms. The highest BCUT2D eigenvalue weighted by Gasteiger charge is 2.09. The minimum atomic E-state index is -0.177. The van der Waals surface area contributed by atoms with Crippen molar-refractivity contribution >= 4 is 22.9 Å². The number of hydrogen-bond donors (Lipinski definition) is 1. The first-order valence-electron chi connectivity index (χ1n) is 11.0. The highest BCUT2D eigenvalue weighted by molar-refractivity contribution is 6.02. The number of nitrogens with one attached hydrogen (secondary N) is 1. The minimum absolute atomic E-state index is 0.177. The SMILES string of the molecule is Cc1ccc(CC(=O)N/N=C\c2c(OCc3ccc(C#N)cc3)ccc3ccccc23)c(C)c1. The fourth-order valence-electron chi connectivity index (χ4n) is 3.80. The van der Waals surface area contributed by atoms with Gasteiger partial charge < -0.3 is 4.74 Å². The Labute approximate surface area is 199 Å². The Morgan fingerprint density at radius 3 is 2.59 bits per heavy atom. The van der Waals surface area contributed by atoms with Gasteiger partial charge in [0.15, 0.2) is 0 Å². The van der Waals surface area contributed by atoms with Crippen molar-refractivity contribution in [3.05, 3.63) is 112 Å². The lowest BCUT2D eigenvalue weighted by Crippen LogP contribution is -2.20. The summed E-state index contributed by atoms with van der Waals surface area (Å²) in [5.74, 6) is 0.485. The predicted octanol–water partition coefficient (Wildman–Crippen LogP) is 5.60. The van der Waals surface area contributed by atoms with Crippen LogP contribution in [0, 0.1) is 25.2 Å². The minimum Gasteiger partial charge on any atom is -0.488 e. The van der Waals surface area contributed by atoms with E-state index in [1.165, 1.54) is 5.56 Å². The van der Waals surface area contributed by atoms with Gasteiger partial charge in [0.2, 0.25) is 5.91 Å². The van der Waals surface area contributed by atoms with Crippen LogP contribution in [0.5, 0.6) is 5.75 Å². The molecule has 0 radical (unpaired) electrons. The van der Waals surface area contributed by atoms with Crippen LogP contribution in [0.4, 0.5) is 0 Å². The number of amides is 1. The molecule has 0 unspecified atom stereocenters. The van der Waals surface area contributed by atoms with Crippen LogP contribution >= 0.6 is 0 Å². The Morgan fingerprint density at radius 2 is 1.82 bits per heavy atom. The molecule has 0 atom stereocenters. The van der Waals surface area contributed by atoms with Gasteiger partial charge in [-0.25, -0.2) is 5.43 Å². The van der Waals surface area contributed by atoms with Crippen molar-refractivity contribution in [2.45, 2.75) is 26.9 Å². The maximum Gasteiger partial charge on any atom is 0.244 e. The van der Waals surface area contributed by atoms with E-state index in [4.69, 9.17) is 10.00 Å². The van der Waals surface area contributed by atoms with Crippen molar-refractivity contribution < 1.29 is 9.53 Å². The molecule has 0 fully saturated rings. The van der Waals surface area contributed by atoms with E-state index in [9.17, 15) is 4.79 Å². The molecule has 168 valence electrons. The Kier molecular flexibility index (Phi) is 7.00. The van der Waals surface area contributed by atoms with Crippen LogP contribution in [-0.2, 0) is 17.8 Å². The molecular formula is C29H25N3O2. The van der Waals surface area contributed by atoms with Crippen LogP contribution in [0.25, 0.3) is 10.8 Å². The highest BCUT2D eigenvalue weighted by Crippen LogP contribution is 2.27. The molecule has 0 saturated carbocycles. The summed E-state index contributed by atoms with van der Waals surface area (Å²) in [6.45, 7) is 4.39. The van der Waals surface area contributed by atoms with Gasteiger partial charge in [0.25, 0.3) is 0 Å². The molecule has 1 amide bonds. The van der Waals surface area contributed by atoms with Gasteiger partial charge in [0.1, 0.15) is 12.4 Å². The number of carbonyl (C=O) groups excluding carboxylic acids is 1. The second kappa shape index (κ2) is 10.5. The van der Waals surface area contributed by atoms with E-state index in [1.54, 1.807) is 18.3 Å². The molecule has 0 saturated heterocycles. The standard InChI is InChI=1S/C29H25N3O2/c1-20-7-12-25(21(2)15-20)16-29(33)32-31-18-27-26-6-4-3-5-24(26)13-14-28(27)34-19-23-10-8-22(17-30)9-11-23/h3-15,18H,16,19H2,1-2H3,(H,32,33)/b31-18-. The number of hydrazone groups is 1. The number of ether oxygens (including phenoxy) is 1. The Bertz CT molecular complexity index is 1400. The second-order valence-corrected chi connectivity index (χ2v) is 8.20. The average molecular weight is 448 g/mol. The van der Waals surface area contributed by atoms with Crippen molar-refractivity contribution in [1.29, 1.82) is 5.26 Å². The molecular weight excluding hydrogens is 422 g/mol. The molecule has 4 rings (SSSR count). The number of nitriles is 1. The number of benzene rings is 4. The molecule has 4 aromatic carbocycles. The van der Waals surface area contributed by atoms with Gasteiger partial charge in [-0.2, -0.15) is 10.4 Å². The van der Waals surface area contributed by atoms with E-state index in [1.807, 2.05) is 74.5 Å². The smallest absolute Gasteiger partial charge is 0.244 e. The molecule has 0 aliphatic heterocycles. The first kappa shape index (κ1) is 22.8. The molecule has 0 heterocycles. The largest absolute Gasteiger partial charge is 0.488 e. The third-order valence-corrected chi connectivity index (χ3v) is 5.64. The normalized spacial score (nSPS) is 10.9. The van der Waals surface area contributed by atoms with Crippen molar-refractivity contribution in [2.24, 2.45) is 5.10 Å². The molecule has 0 spiro atoms. The summed E-state index contributed by atoms with van der Waals surface area (Å²) in [6, 6.07) is 27.3. The summed E-state index contributed by atoms with van der Waals surface area (Å²) < 4.78 is 6.10.